The number of methoxy groups -OCH3 is 1. The Bertz CT molecular complexity index is 2020. The largest absolute Gasteiger partial charge is 0.497 e. The molecule has 0 atom stereocenters. The van der Waals surface area contributed by atoms with Crippen molar-refractivity contribution >= 4 is 21.9 Å². The van der Waals surface area contributed by atoms with Crippen LogP contribution in [-0.4, -0.2) is 37.2 Å². The zero-order chi connectivity index (χ0) is 27.8. The summed E-state index contributed by atoms with van der Waals surface area (Å²) in [5.74, 6) is 0.729. The highest BCUT2D eigenvalue weighted by Gasteiger charge is 2.16. The molecule has 9 heteroatoms. The van der Waals surface area contributed by atoms with Gasteiger partial charge < -0.3 is 14.5 Å². The van der Waals surface area contributed by atoms with Crippen LogP contribution in [0.4, 0.5) is 4.39 Å². The van der Waals surface area contributed by atoms with Gasteiger partial charge in [-0.1, -0.05) is 30.3 Å². The molecule has 8 nitrogen and oxygen atoms in total. The first-order valence-electron chi connectivity index (χ1n) is 12.9. The number of pyridine rings is 3. The summed E-state index contributed by atoms with van der Waals surface area (Å²) >= 11 is 0. The van der Waals surface area contributed by atoms with Crippen LogP contribution in [0.3, 0.4) is 0 Å². The van der Waals surface area contributed by atoms with Gasteiger partial charge in [0.2, 0.25) is 0 Å². The van der Waals surface area contributed by atoms with Crippen molar-refractivity contribution in [3.63, 3.8) is 0 Å². The Morgan fingerprint density at radius 3 is 2.49 bits per heavy atom. The third kappa shape index (κ3) is 4.74. The van der Waals surface area contributed by atoms with Crippen LogP contribution in [0, 0.1) is 5.82 Å². The number of benzene rings is 2. The highest BCUT2D eigenvalue weighted by atomic mass is 19.1. The molecule has 0 saturated carbocycles. The molecule has 0 radical (unpaired) electrons. The van der Waals surface area contributed by atoms with Crippen LogP contribution in [0.5, 0.6) is 11.5 Å². The van der Waals surface area contributed by atoms with Gasteiger partial charge in [-0.25, -0.2) is 9.37 Å². The van der Waals surface area contributed by atoms with Crippen molar-refractivity contribution in [2.45, 2.75) is 6.61 Å². The molecule has 0 bridgehead atoms. The average molecular weight is 543 g/mol. The molecule has 0 aliphatic heterocycles. The molecule has 200 valence electrons. The summed E-state index contributed by atoms with van der Waals surface area (Å²) in [5.41, 5.74) is 7.25. The number of hydrogen-bond donors (Lipinski definition) is 2. The van der Waals surface area contributed by atoms with Gasteiger partial charge in [0.15, 0.2) is 5.65 Å². The smallest absolute Gasteiger partial charge is 0.181 e. The van der Waals surface area contributed by atoms with Crippen molar-refractivity contribution in [2.24, 2.45) is 0 Å². The molecule has 2 N–H and O–H groups in total. The maximum atomic E-state index is 14.3. The van der Waals surface area contributed by atoms with Crippen LogP contribution < -0.4 is 9.47 Å². The van der Waals surface area contributed by atoms with Crippen LogP contribution in [-0.2, 0) is 6.61 Å². The average Bonchev–Trinajstić information content (AvgIpc) is 3.64. The fourth-order valence-corrected chi connectivity index (χ4v) is 4.91. The van der Waals surface area contributed by atoms with E-state index in [2.05, 4.69) is 30.1 Å². The normalized spacial score (nSPS) is 11.3. The highest BCUT2D eigenvalue weighted by Crippen LogP contribution is 2.35. The fourth-order valence-electron chi connectivity index (χ4n) is 4.91. The Hall–Kier alpha value is -5.57. The van der Waals surface area contributed by atoms with Crippen LogP contribution in [0.2, 0.25) is 0 Å². The summed E-state index contributed by atoms with van der Waals surface area (Å²) in [5, 5.41) is 9.27. The summed E-state index contributed by atoms with van der Waals surface area (Å²) in [6, 6.07) is 20.6. The van der Waals surface area contributed by atoms with Gasteiger partial charge in [-0.3, -0.25) is 15.1 Å². The van der Waals surface area contributed by atoms with Gasteiger partial charge >= 0.3 is 0 Å². The number of aromatic nitrogens is 6. The van der Waals surface area contributed by atoms with Crippen molar-refractivity contribution in [1.29, 1.82) is 0 Å². The molecule has 0 fully saturated rings. The van der Waals surface area contributed by atoms with E-state index in [-0.39, 0.29) is 5.82 Å². The van der Waals surface area contributed by atoms with E-state index in [1.807, 2.05) is 48.5 Å². The Balaban J connectivity index is 1.24. The minimum atomic E-state index is -0.380. The minimum Gasteiger partial charge on any atom is -0.497 e. The first kappa shape index (κ1) is 24.5. The number of fused-ring (bicyclic) bond motifs is 2. The molecule has 5 heterocycles. The van der Waals surface area contributed by atoms with Crippen LogP contribution >= 0.6 is 0 Å². The number of aromatic amines is 2. The summed E-state index contributed by atoms with van der Waals surface area (Å²) in [6.45, 7) is 0.453. The molecular formula is C32H23FN6O2. The number of ether oxygens (including phenoxy) is 2. The molecule has 0 saturated heterocycles. The molecule has 7 rings (SSSR count). The SMILES string of the molecule is COc1cc(F)cc(-c2cncc3[nH]c(-c4[nH]nc5ncc(-c6cncc(OCc7ccccc7)c6)cc45)cc23)c1. The van der Waals surface area contributed by atoms with Crippen molar-refractivity contribution in [1.82, 2.24) is 30.1 Å². The third-order valence-electron chi connectivity index (χ3n) is 6.94. The zero-order valence-corrected chi connectivity index (χ0v) is 21.9. The van der Waals surface area contributed by atoms with E-state index < -0.39 is 0 Å². The van der Waals surface area contributed by atoms with Crippen molar-refractivity contribution in [2.75, 3.05) is 7.11 Å². The topological polar surface area (TPSA) is 102 Å². The van der Waals surface area contributed by atoms with Crippen LogP contribution in [0.1, 0.15) is 5.56 Å². The number of hydrogen-bond acceptors (Lipinski definition) is 6. The Labute approximate surface area is 233 Å². The van der Waals surface area contributed by atoms with E-state index in [9.17, 15) is 4.39 Å². The van der Waals surface area contributed by atoms with Crippen molar-refractivity contribution in [3.8, 4) is 45.1 Å². The van der Waals surface area contributed by atoms with Crippen molar-refractivity contribution in [3.05, 3.63) is 109 Å². The second-order valence-electron chi connectivity index (χ2n) is 9.59. The molecule has 0 aliphatic carbocycles. The first-order valence-corrected chi connectivity index (χ1v) is 12.9. The second kappa shape index (κ2) is 10.2. The molecule has 0 unspecified atom stereocenters. The number of H-pyrrole nitrogens is 2. The second-order valence-corrected chi connectivity index (χ2v) is 9.59. The van der Waals surface area contributed by atoms with E-state index in [4.69, 9.17) is 9.47 Å². The fraction of sp³-hybridized carbons (Fsp3) is 0.0625. The molecule has 0 amide bonds. The minimum absolute atomic E-state index is 0.380. The van der Waals surface area contributed by atoms with Crippen LogP contribution in [0.15, 0.2) is 97.7 Å². The molecule has 41 heavy (non-hydrogen) atoms. The summed E-state index contributed by atoms with van der Waals surface area (Å²) in [6.07, 6.45) is 8.72. The van der Waals surface area contributed by atoms with Gasteiger partial charge in [-0.05, 0) is 41.5 Å². The lowest BCUT2D eigenvalue weighted by Crippen LogP contribution is -1.96. The predicted octanol–water partition coefficient (Wildman–Crippen LogP) is 6.96. The Kier molecular flexibility index (Phi) is 6.09. The van der Waals surface area contributed by atoms with Gasteiger partial charge in [0.05, 0.1) is 36.4 Å². The molecule has 5 aromatic heterocycles. The maximum absolute atomic E-state index is 14.3. The Morgan fingerprint density at radius 1 is 0.780 bits per heavy atom. The lowest BCUT2D eigenvalue weighted by Gasteiger charge is -2.08. The number of nitrogens with zero attached hydrogens (tertiary/aromatic N) is 4. The van der Waals surface area contributed by atoms with Gasteiger partial charge in [0, 0.05) is 52.1 Å². The molecular weight excluding hydrogens is 519 g/mol. The third-order valence-corrected chi connectivity index (χ3v) is 6.94. The highest BCUT2D eigenvalue weighted by molar-refractivity contribution is 6.00. The van der Waals surface area contributed by atoms with Gasteiger partial charge in [-0.15, -0.1) is 0 Å². The van der Waals surface area contributed by atoms with E-state index in [1.54, 1.807) is 37.1 Å². The summed E-state index contributed by atoms with van der Waals surface area (Å²) in [7, 11) is 1.52. The summed E-state index contributed by atoms with van der Waals surface area (Å²) < 4.78 is 25.5. The number of nitrogens with one attached hydrogen (secondary N) is 2. The van der Waals surface area contributed by atoms with E-state index in [0.29, 0.717) is 29.3 Å². The first-order chi connectivity index (χ1) is 20.1. The van der Waals surface area contributed by atoms with E-state index >= 15 is 0 Å². The quantitative estimate of drug-likeness (QED) is 0.226. The monoisotopic (exact) mass is 542 g/mol. The van der Waals surface area contributed by atoms with E-state index in [1.165, 1.54) is 19.2 Å². The predicted molar refractivity (Wildman–Crippen MR) is 155 cm³/mol. The van der Waals surface area contributed by atoms with Gasteiger partial charge in [0.1, 0.15) is 23.9 Å². The summed E-state index contributed by atoms with van der Waals surface area (Å²) in [4.78, 5) is 16.8. The van der Waals surface area contributed by atoms with Crippen molar-refractivity contribution < 1.29 is 13.9 Å². The zero-order valence-electron chi connectivity index (χ0n) is 21.9. The lowest BCUT2D eigenvalue weighted by molar-refractivity contribution is 0.305. The Morgan fingerprint density at radius 2 is 1.61 bits per heavy atom. The van der Waals surface area contributed by atoms with Gasteiger partial charge in [-0.2, -0.15) is 5.10 Å². The molecule has 2 aromatic carbocycles. The van der Waals surface area contributed by atoms with E-state index in [0.717, 1.165) is 49.9 Å². The lowest BCUT2D eigenvalue weighted by atomic mass is 10.0. The standard InChI is InChI=1S/C32H23FN6O2/c1-40-24-8-20(7-23(33)11-24)28-16-35-17-30-26(28)12-29(37-30)31-27-10-22(14-36-32(27)39-38-31)21-9-25(15-34-13-21)41-18-19-5-3-2-4-6-19/h2-17,37H,18H2,1H3,(H,36,38,39). The molecule has 0 aliphatic rings. The number of halogens is 1. The molecule has 0 spiro atoms. The van der Waals surface area contributed by atoms with Crippen LogP contribution in [0.25, 0.3) is 55.6 Å². The number of rotatable bonds is 7. The maximum Gasteiger partial charge on any atom is 0.181 e. The van der Waals surface area contributed by atoms with Gasteiger partial charge in [0.25, 0.3) is 0 Å². The molecule has 7 aromatic rings.